The van der Waals surface area contributed by atoms with Crippen molar-refractivity contribution in [3.8, 4) is 0 Å². The predicted octanol–water partition coefficient (Wildman–Crippen LogP) is 0.437. The quantitative estimate of drug-likeness (QED) is 0.644. The minimum absolute atomic E-state index is 0. The summed E-state index contributed by atoms with van der Waals surface area (Å²) in [5, 5.41) is 3.29. The van der Waals surface area contributed by atoms with Gasteiger partial charge in [0.2, 0.25) is 0 Å². The highest BCUT2D eigenvalue weighted by Gasteiger charge is 2.53. The number of hydrogen-bond acceptors (Lipinski definition) is 3. The van der Waals surface area contributed by atoms with Gasteiger partial charge in [-0.25, -0.2) is 0 Å². The molecule has 0 spiro atoms. The number of piperidine rings is 1. The maximum absolute atomic E-state index is 10.9. The van der Waals surface area contributed by atoms with Crippen LogP contribution >= 0.6 is 12.4 Å². The SMILES string of the molecule is COC(=O)CC1C2CNCC21.Cl. The van der Waals surface area contributed by atoms with Crippen molar-refractivity contribution in [3.63, 3.8) is 0 Å². The molecule has 0 amide bonds. The molecule has 2 aliphatic rings. The fourth-order valence-corrected chi connectivity index (χ4v) is 2.13. The number of ether oxygens (including phenoxy) is 1. The second-order valence-corrected chi connectivity index (χ2v) is 3.43. The van der Waals surface area contributed by atoms with Gasteiger partial charge in [-0.2, -0.15) is 0 Å². The van der Waals surface area contributed by atoms with Crippen molar-refractivity contribution in [3.05, 3.63) is 0 Å². The summed E-state index contributed by atoms with van der Waals surface area (Å²) in [6.07, 6.45) is 0.632. The van der Waals surface area contributed by atoms with Gasteiger partial charge < -0.3 is 10.1 Å². The van der Waals surface area contributed by atoms with E-state index in [0.717, 1.165) is 24.9 Å². The van der Waals surface area contributed by atoms with Crippen molar-refractivity contribution in [1.82, 2.24) is 5.32 Å². The van der Waals surface area contributed by atoms with E-state index in [4.69, 9.17) is 0 Å². The van der Waals surface area contributed by atoms with Gasteiger partial charge in [0.15, 0.2) is 0 Å². The molecular formula is C8H14ClNO2. The lowest BCUT2D eigenvalue weighted by molar-refractivity contribution is -0.141. The van der Waals surface area contributed by atoms with Crippen LogP contribution in [0.25, 0.3) is 0 Å². The molecule has 1 N–H and O–H groups in total. The summed E-state index contributed by atoms with van der Waals surface area (Å²) in [5.74, 6) is 2.12. The molecule has 3 nitrogen and oxygen atoms in total. The van der Waals surface area contributed by atoms with E-state index in [1.807, 2.05) is 0 Å². The highest BCUT2D eigenvalue weighted by molar-refractivity contribution is 5.85. The first kappa shape index (κ1) is 9.81. The van der Waals surface area contributed by atoms with Gasteiger partial charge in [-0.1, -0.05) is 0 Å². The van der Waals surface area contributed by atoms with Crippen LogP contribution in [0, 0.1) is 17.8 Å². The van der Waals surface area contributed by atoms with Gasteiger partial charge in [0, 0.05) is 6.42 Å². The highest BCUT2D eigenvalue weighted by atomic mass is 35.5. The molecule has 1 aliphatic heterocycles. The third-order valence-electron chi connectivity index (χ3n) is 2.90. The van der Waals surface area contributed by atoms with Crippen LogP contribution in [0.5, 0.6) is 0 Å². The minimum atomic E-state index is -0.0515. The number of fused-ring (bicyclic) bond motifs is 1. The van der Waals surface area contributed by atoms with Gasteiger partial charge in [0.05, 0.1) is 7.11 Å². The molecule has 0 aromatic rings. The van der Waals surface area contributed by atoms with E-state index >= 15 is 0 Å². The number of halogens is 1. The molecule has 2 atom stereocenters. The Morgan fingerprint density at radius 3 is 2.58 bits per heavy atom. The number of carbonyl (C=O) groups excluding carboxylic acids is 1. The zero-order valence-corrected chi connectivity index (χ0v) is 7.89. The number of carbonyl (C=O) groups is 1. The molecule has 0 aromatic heterocycles. The van der Waals surface area contributed by atoms with E-state index in [1.165, 1.54) is 7.11 Å². The van der Waals surface area contributed by atoms with Crippen LogP contribution in [-0.4, -0.2) is 26.2 Å². The van der Waals surface area contributed by atoms with Gasteiger partial charge >= 0.3 is 5.97 Å². The monoisotopic (exact) mass is 191 g/mol. The molecule has 0 aromatic carbocycles. The van der Waals surface area contributed by atoms with Crippen molar-refractivity contribution in [1.29, 1.82) is 0 Å². The molecular weight excluding hydrogens is 178 g/mol. The largest absolute Gasteiger partial charge is 0.469 e. The molecule has 1 aliphatic carbocycles. The van der Waals surface area contributed by atoms with Crippen LogP contribution in [0.15, 0.2) is 0 Å². The third kappa shape index (κ3) is 1.57. The number of esters is 1. The Hall–Kier alpha value is -0.280. The Morgan fingerprint density at radius 2 is 2.08 bits per heavy atom. The Labute approximate surface area is 78.3 Å². The first-order valence-corrected chi connectivity index (χ1v) is 4.10. The van der Waals surface area contributed by atoms with Gasteiger partial charge in [0.25, 0.3) is 0 Å². The Morgan fingerprint density at radius 1 is 1.50 bits per heavy atom. The summed E-state index contributed by atoms with van der Waals surface area (Å²) in [6, 6.07) is 0. The lowest BCUT2D eigenvalue weighted by atomic mass is 10.2. The summed E-state index contributed by atoms with van der Waals surface area (Å²) in [6.45, 7) is 2.21. The van der Waals surface area contributed by atoms with Crippen LogP contribution in [0.3, 0.4) is 0 Å². The van der Waals surface area contributed by atoms with E-state index in [0.29, 0.717) is 12.3 Å². The molecule has 4 heteroatoms. The van der Waals surface area contributed by atoms with Crippen molar-refractivity contribution >= 4 is 18.4 Å². The average molecular weight is 192 g/mol. The summed E-state index contributed by atoms with van der Waals surface area (Å²) in [7, 11) is 1.46. The van der Waals surface area contributed by atoms with Gasteiger partial charge in [-0.15, -0.1) is 12.4 Å². The minimum Gasteiger partial charge on any atom is -0.469 e. The Kier molecular flexibility index (Phi) is 2.96. The zero-order chi connectivity index (χ0) is 7.84. The lowest BCUT2D eigenvalue weighted by Crippen LogP contribution is -2.16. The molecule has 0 bridgehead atoms. The molecule has 1 heterocycles. The summed E-state index contributed by atoms with van der Waals surface area (Å²) in [4.78, 5) is 10.9. The van der Waals surface area contributed by atoms with E-state index in [2.05, 4.69) is 10.1 Å². The molecule has 2 rings (SSSR count). The number of rotatable bonds is 2. The van der Waals surface area contributed by atoms with Gasteiger partial charge in [-0.3, -0.25) is 4.79 Å². The molecule has 2 fully saturated rings. The Balaban J connectivity index is 0.000000720. The normalized spacial score (nSPS) is 36.6. The summed E-state index contributed by atoms with van der Waals surface area (Å²) in [5.41, 5.74) is 0. The molecule has 1 saturated carbocycles. The fourth-order valence-electron chi connectivity index (χ4n) is 2.13. The number of nitrogens with one attached hydrogen (secondary N) is 1. The molecule has 1 saturated heterocycles. The van der Waals surface area contributed by atoms with Crippen molar-refractivity contribution in [2.45, 2.75) is 6.42 Å². The van der Waals surface area contributed by atoms with Crippen molar-refractivity contribution in [2.75, 3.05) is 20.2 Å². The van der Waals surface area contributed by atoms with Gasteiger partial charge in [0.1, 0.15) is 0 Å². The average Bonchev–Trinajstić information content (AvgIpc) is 2.52. The predicted molar refractivity (Wildman–Crippen MR) is 47.2 cm³/mol. The zero-order valence-electron chi connectivity index (χ0n) is 7.08. The Bertz CT molecular complexity index is 176. The van der Waals surface area contributed by atoms with E-state index < -0.39 is 0 Å². The fraction of sp³-hybridized carbons (Fsp3) is 0.875. The van der Waals surface area contributed by atoms with Crippen LogP contribution in [0.1, 0.15) is 6.42 Å². The van der Waals surface area contributed by atoms with Gasteiger partial charge in [-0.05, 0) is 30.8 Å². The number of methoxy groups -OCH3 is 1. The van der Waals surface area contributed by atoms with Crippen molar-refractivity contribution in [2.24, 2.45) is 17.8 Å². The first-order chi connectivity index (χ1) is 5.33. The molecule has 70 valence electrons. The summed E-state index contributed by atoms with van der Waals surface area (Å²) >= 11 is 0. The van der Waals surface area contributed by atoms with Crippen LogP contribution in [0.2, 0.25) is 0 Å². The van der Waals surface area contributed by atoms with Crippen LogP contribution in [-0.2, 0) is 9.53 Å². The lowest BCUT2D eigenvalue weighted by Gasteiger charge is -2.01. The molecule has 0 radical (unpaired) electrons. The standard InChI is InChI=1S/C8H13NO2.ClH/c1-11-8(10)2-5-6-3-9-4-7(5)6;/h5-7,9H,2-4H2,1H3;1H. The molecule has 2 unspecified atom stereocenters. The second kappa shape index (κ2) is 3.62. The van der Waals surface area contributed by atoms with E-state index in [9.17, 15) is 4.79 Å². The van der Waals surface area contributed by atoms with E-state index in [-0.39, 0.29) is 18.4 Å². The van der Waals surface area contributed by atoms with Crippen LogP contribution < -0.4 is 5.32 Å². The smallest absolute Gasteiger partial charge is 0.305 e. The van der Waals surface area contributed by atoms with Crippen molar-refractivity contribution < 1.29 is 9.53 Å². The summed E-state index contributed by atoms with van der Waals surface area (Å²) < 4.78 is 4.61. The third-order valence-corrected chi connectivity index (χ3v) is 2.90. The maximum atomic E-state index is 10.9. The highest BCUT2D eigenvalue weighted by Crippen LogP contribution is 2.50. The first-order valence-electron chi connectivity index (χ1n) is 4.10. The maximum Gasteiger partial charge on any atom is 0.305 e. The number of hydrogen-bond donors (Lipinski definition) is 1. The van der Waals surface area contributed by atoms with Crippen LogP contribution in [0.4, 0.5) is 0 Å². The second-order valence-electron chi connectivity index (χ2n) is 3.43. The topological polar surface area (TPSA) is 38.3 Å². The molecule has 12 heavy (non-hydrogen) atoms. The van der Waals surface area contributed by atoms with E-state index in [1.54, 1.807) is 0 Å².